The summed E-state index contributed by atoms with van der Waals surface area (Å²) in [5.74, 6) is 0.692. The first kappa shape index (κ1) is 28.7. The summed E-state index contributed by atoms with van der Waals surface area (Å²) in [6.07, 6.45) is 1.85. The molecule has 2 aliphatic rings. The van der Waals surface area contributed by atoms with Crippen LogP contribution in [0.4, 0.5) is 0 Å². The molecule has 0 spiro atoms. The van der Waals surface area contributed by atoms with Crippen molar-refractivity contribution in [2.75, 3.05) is 60.2 Å². The standard InChI is InChI=1S/C30H33ClN4O6/c1-38-21-9-10-27(39-2)23(18-21)26-19-25(22-6-3-4-7-24(22)31)32-35(26)29(36)20-34(30(37)28-8-5-15-41-28)12-11-33-13-16-40-17-14-33/h3-10,15,18,26H,11-14,16-17,19-20H2,1-2H3/t26-/m0/s1. The molecule has 0 aliphatic carbocycles. The maximum absolute atomic E-state index is 14.0. The Morgan fingerprint density at radius 3 is 2.59 bits per heavy atom. The van der Waals surface area contributed by atoms with E-state index < -0.39 is 6.04 Å². The maximum Gasteiger partial charge on any atom is 0.290 e. The van der Waals surface area contributed by atoms with Crippen molar-refractivity contribution in [3.05, 3.63) is 82.8 Å². The molecule has 0 saturated carbocycles. The van der Waals surface area contributed by atoms with Crippen LogP contribution in [0.2, 0.25) is 5.02 Å². The first-order chi connectivity index (χ1) is 20.0. The van der Waals surface area contributed by atoms with Crippen LogP contribution in [0.3, 0.4) is 0 Å². The molecule has 11 heteroatoms. The first-order valence-electron chi connectivity index (χ1n) is 13.5. The van der Waals surface area contributed by atoms with E-state index in [9.17, 15) is 9.59 Å². The van der Waals surface area contributed by atoms with Gasteiger partial charge in [0.05, 0.1) is 45.5 Å². The van der Waals surface area contributed by atoms with Crippen LogP contribution in [-0.2, 0) is 9.53 Å². The second-order valence-electron chi connectivity index (χ2n) is 9.75. The zero-order chi connectivity index (χ0) is 28.8. The molecule has 10 nitrogen and oxygen atoms in total. The highest BCUT2D eigenvalue weighted by molar-refractivity contribution is 6.34. The van der Waals surface area contributed by atoms with Gasteiger partial charge in [-0.2, -0.15) is 5.10 Å². The van der Waals surface area contributed by atoms with Gasteiger partial charge in [0.25, 0.3) is 11.8 Å². The highest BCUT2D eigenvalue weighted by Crippen LogP contribution is 2.40. The molecule has 3 heterocycles. The lowest BCUT2D eigenvalue weighted by molar-refractivity contribution is -0.133. The Morgan fingerprint density at radius 1 is 1.07 bits per heavy atom. The van der Waals surface area contributed by atoms with Gasteiger partial charge in [-0.05, 0) is 36.4 Å². The Balaban J connectivity index is 1.46. The number of carbonyl (C=O) groups excluding carboxylic acids is 2. The van der Waals surface area contributed by atoms with Crippen molar-refractivity contribution in [2.45, 2.75) is 12.5 Å². The first-order valence-corrected chi connectivity index (χ1v) is 13.9. The number of ether oxygens (including phenoxy) is 3. The summed E-state index contributed by atoms with van der Waals surface area (Å²) in [5, 5.41) is 6.74. The summed E-state index contributed by atoms with van der Waals surface area (Å²) in [6.45, 7) is 3.58. The fourth-order valence-electron chi connectivity index (χ4n) is 5.07. The van der Waals surface area contributed by atoms with Crippen molar-refractivity contribution < 1.29 is 28.2 Å². The molecule has 2 amide bonds. The average Bonchev–Trinajstić information content (AvgIpc) is 3.70. The molecule has 3 aromatic rings. The van der Waals surface area contributed by atoms with E-state index in [1.54, 1.807) is 44.6 Å². The van der Waals surface area contributed by atoms with Gasteiger partial charge in [0.15, 0.2) is 5.76 Å². The second kappa shape index (κ2) is 13.2. The third-order valence-electron chi connectivity index (χ3n) is 7.28. The Hall–Kier alpha value is -3.86. The Morgan fingerprint density at radius 2 is 1.88 bits per heavy atom. The quantitative estimate of drug-likeness (QED) is 0.356. The molecule has 216 valence electrons. The zero-order valence-electron chi connectivity index (χ0n) is 23.1. The third kappa shape index (κ3) is 6.56. The number of rotatable bonds is 10. The Kier molecular flexibility index (Phi) is 9.23. The van der Waals surface area contributed by atoms with Crippen LogP contribution in [0.15, 0.2) is 70.4 Å². The maximum atomic E-state index is 14.0. The smallest absolute Gasteiger partial charge is 0.290 e. The van der Waals surface area contributed by atoms with Gasteiger partial charge in [-0.25, -0.2) is 5.01 Å². The lowest BCUT2D eigenvalue weighted by atomic mass is 9.97. The van der Waals surface area contributed by atoms with Crippen molar-refractivity contribution in [1.29, 1.82) is 0 Å². The van der Waals surface area contributed by atoms with E-state index in [0.29, 0.717) is 55.0 Å². The normalized spacial score (nSPS) is 17.3. The number of hydrogen-bond acceptors (Lipinski definition) is 8. The summed E-state index contributed by atoms with van der Waals surface area (Å²) < 4.78 is 22.0. The van der Waals surface area contributed by atoms with Crippen molar-refractivity contribution in [1.82, 2.24) is 14.8 Å². The van der Waals surface area contributed by atoms with Gasteiger partial charge >= 0.3 is 0 Å². The summed E-state index contributed by atoms with van der Waals surface area (Å²) in [7, 11) is 3.17. The molecule has 1 fully saturated rings. The summed E-state index contributed by atoms with van der Waals surface area (Å²) in [6, 6.07) is 15.6. The molecule has 1 aromatic heterocycles. The SMILES string of the molecule is COc1ccc(OC)c([C@@H]2CC(c3ccccc3Cl)=NN2C(=O)CN(CCN2CCOCC2)C(=O)c2ccco2)c1. The number of methoxy groups -OCH3 is 2. The number of carbonyl (C=O) groups is 2. The average molecular weight is 581 g/mol. The summed E-state index contributed by atoms with van der Waals surface area (Å²) in [5.41, 5.74) is 2.14. The van der Waals surface area contributed by atoms with Crippen LogP contribution in [0.1, 0.15) is 34.1 Å². The Bertz CT molecular complexity index is 1390. The fourth-order valence-corrected chi connectivity index (χ4v) is 5.32. The van der Waals surface area contributed by atoms with Crippen molar-refractivity contribution in [2.24, 2.45) is 5.10 Å². The molecule has 0 bridgehead atoms. The number of amides is 2. The molecule has 2 aliphatic heterocycles. The number of benzene rings is 2. The van der Waals surface area contributed by atoms with E-state index in [-0.39, 0.29) is 24.1 Å². The summed E-state index contributed by atoms with van der Waals surface area (Å²) >= 11 is 6.52. The zero-order valence-corrected chi connectivity index (χ0v) is 23.9. The largest absolute Gasteiger partial charge is 0.497 e. The molecule has 1 saturated heterocycles. The molecule has 1 atom stereocenters. The number of nitrogens with zero attached hydrogens (tertiary/aromatic N) is 4. The molecule has 0 N–H and O–H groups in total. The van der Waals surface area contributed by atoms with Gasteiger partial charge < -0.3 is 23.5 Å². The van der Waals surface area contributed by atoms with Crippen molar-refractivity contribution in [3.8, 4) is 11.5 Å². The number of hydrogen-bond donors (Lipinski definition) is 0. The molecular weight excluding hydrogens is 548 g/mol. The van der Waals surface area contributed by atoms with Crippen LogP contribution in [-0.4, -0.2) is 92.5 Å². The van der Waals surface area contributed by atoms with Gasteiger partial charge in [0.2, 0.25) is 0 Å². The minimum absolute atomic E-state index is 0.174. The van der Waals surface area contributed by atoms with Crippen molar-refractivity contribution >= 4 is 29.1 Å². The third-order valence-corrected chi connectivity index (χ3v) is 7.61. The second-order valence-corrected chi connectivity index (χ2v) is 10.2. The molecule has 41 heavy (non-hydrogen) atoms. The van der Waals surface area contributed by atoms with Crippen LogP contribution in [0, 0.1) is 0 Å². The molecule has 0 radical (unpaired) electrons. The van der Waals surface area contributed by atoms with Crippen LogP contribution in [0.5, 0.6) is 11.5 Å². The van der Waals surface area contributed by atoms with Gasteiger partial charge in [0.1, 0.15) is 18.0 Å². The van der Waals surface area contributed by atoms with E-state index in [1.807, 2.05) is 24.3 Å². The predicted octanol–water partition coefficient (Wildman–Crippen LogP) is 4.10. The molecule has 2 aromatic carbocycles. The number of furan rings is 1. The Labute approximate surface area is 244 Å². The van der Waals surface area contributed by atoms with Gasteiger partial charge in [-0.15, -0.1) is 0 Å². The molecular formula is C30H33ClN4O6. The predicted molar refractivity (Wildman–Crippen MR) is 154 cm³/mol. The fraction of sp³-hybridized carbons (Fsp3) is 0.367. The van der Waals surface area contributed by atoms with Crippen LogP contribution < -0.4 is 9.47 Å². The van der Waals surface area contributed by atoms with Crippen molar-refractivity contribution in [3.63, 3.8) is 0 Å². The van der Waals surface area contributed by atoms with E-state index in [0.717, 1.165) is 24.2 Å². The van der Waals surface area contributed by atoms with Gasteiger partial charge in [0, 0.05) is 48.7 Å². The lowest BCUT2D eigenvalue weighted by Crippen LogP contribution is -2.46. The van der Waals surface area contributed by atoms with E-state index in [1.165, 1.54) is 16.2 Å². The van der Waals surface area contributed by atoms with E-state index in [2.05, 4.69) is 4.90 Å². The minimum Gasteiger partial charge on any atom is -0.497 e. The monoisotopic (exact) mass is 580 g/mol. The highest BCUT2D eigenvalue weighted by Gasteiger charge is 2.37. The number of morpholine rings is 1. The number of halogens is 1. The van der Waals surface area contributed by atoms with E-state index >= 15 is 0 Å². The molecule has 5 rings (SSSR count). The topological polar surface area (TPSA) is 97.0 Å². The van der Waals surface area contributed by atoms with Gasteiger partial charge in [-0.1, -0.05) is 29.8 Å². The summed E-state index contributed by atoms with van der Waals surface area (Å²) in [4.78, 5) is 31.2. The lowest BCUT2D eigenvalue weighted by Gasteiger charge is -2.31. The van der Waals surface area contributed by atoms with Crippen LogP contribution in [0.25, 0.3) is 0 Å². The molecule has 0 unspecified atom stereocenters. The minimum atomic E-state index is -0.501. The van der Waals surface area contributed by atoms with E-state index in [4.69, 9.17) is 35.3 Å². The number of hydrazone groups is 1. The van der Waals surface area contributed by atoms with Crippen LogP contribution >= 0.6 is 11.6 Å². The highest BCUT2D eigenvalue weighted by atomic mass is 35.5. The van der Waals surface area contributed by atoms with Gasteiger partial charge in [-0.3, -0.25) is 14.5 Å².